The molecular formula is C24H27N3O2. The van der Waals surface area contributed by atoms with E-state index < -0.39 is 0 Å². The average Bonchev–Trinajstić information content (AvgIpc) is 3.09. The van der Waals surface area contributed by atoms with Gasteiger partial charge in [0, 0.05) is 40.5 Å². The molecule has 0 saturated carbocycles. The summed E-state index contributed by atoms with van der Waals surface area (Å²) in [5.41, 5.74) is 6.17. The Hall–Kier alpha value is -3.21. The number of hydrogen-bond acceptors (Lipinski definition) is 3. The van der Waals surface area contributed by atoms with E-state index in [9.17, 15) is 4.79 Å². The highest BCUT2D eigenvalue weighted by molar-refractivity contribution is 5.96. The zero-order valence-corrected chi connectivity index (χ0v) is 17.3. The zero-order chi connectivity index (χ0) is 20.6. The third-order valence-electron chi connectivity index (χ3n) is 5.40. The van der Waals surface area contributed by atoms with Crippen LogP contribution in [0.2, 0.25) is 0 Å². The lowest BCUT2D eigenvalue weighted by Gasteiger charge is -2.31. The Labute approximate surface area is 171 Å². The molecule has 1 aliphatic rings. The molecule has 3 N–H and O–H groups in total. The van der Waals surface area contributed by atoms with Gasteiger partial charge in [-0.25, -0.2) is 0 Å². The lowest BCUT2D eigenvalue weighted by molar-refractivity contribution is 0.0954. The maximum absolute atomic E-state index is 12.7. The van der Waals surface area contributed by atoms with Crippen LogP contribution in [0.25, 0.3) is 16.5 Å². The number of carbonyl (C=O) groups is 1. The van der Waals surface area contributed by atoms with Crippen LogP contribution in [0.1, 0.15) is 42.3 Å². The van der Waals surface area contributed by atoms with Crippen LogP contribution in [0.3, 0.4) is 0 Å². The van der Waals surface area contributed by atoms with Gasteiger partial charge in [0.25, 0.3) is 5.91 Å². The number of ether oxygens (including phenoxy) is 1. The largest absolute Gasteiger partial charge is 0.497 e. The number of methoxy groups -OCH3 is 1. The highest BCUT2D eigenvalue weighted by atomic mass is 16.5. The van der Waals surface area contributed by atoms with E-state index in [2.05, 4.69) is 42.5 Å². The predicted molar refractivity (Wildman–Crippen MR) is 119 cm³/mol. The van der Waals surface area contributed by atoms with Gasteiger partial charge in [-0.05, 0) is 74.7 Å². The first-order valence-corrected chi connectivity index (χ1v) is 9.90. The second-order valence-electron chi connectivity index (χ2n) is 8.17. The van der Waals surface area contributed by atoms with E-state index in [1.807, 2.05) is 42.6 Å². The standard InChI is InChI=1S/C24H27N3O2/c1-15-13-24(2,3)27-22-7-5-16(11-19(15)22)23(28)25-10-9-17-14-26-21-8-6-18(29-4)12-20(17)21/h5-8,11-14,26-27H,9-10H2,1-4H3,(H,25,28). The predicted octanol–water partition coefficient (Wildman–Crippen LogP) is 4.76. The number of aromatic amines is 1. The smallest absolute Gasteiger partial charge is 0.251 e. The minimum atomic E-state index is -0.0805. The summed E-state index contributed by atoms with van der Waals surface area (Å²) in [6.07, 6.45) is 4.94. The number of fused-ring (bicyclic) bond motifs is 2. The molecule has 2 heterocycles. The Morgan fingerprint density at radius 3 is 2.79 bits per heavy atom. The normalized spacial score (nSPS) is 14.7. The molecule has 0 aliphatic carbocycles. The third kappa shape index (κ3) is 3.86. The van der Waals surface area contributed by atoms with Crippen molar-refractivity contribution in [2.75, 3.05) is 19.0 Å². The molecule has 0 spiro atoms. The Balaban J connectivity index is 1.44. The van der Waals surface area contributed by atoms with E-state index in [4.69, 9.17) is 4.74 Å². The van der Waals surface area contributed by atoms with Crippen LogP contribution >= 0.6 is 0 Å². The molecule has 1 amide bonds. The van der Waals surface area contributed by atoms with Crippen LogP contribution in [0.15, 0.2) is 48.7 Å². The van der Waals surface area contributed by atoms with Crippen molar-refractivity contribution < 1.29 is 9.53 Å². The van der Waals surface area contributed by atoms with Crippen LogP contribution in [-0.4, -0.2) is 30.1 Å². The number of allylic oxidation sites excluding steroid dienone is 1. The second-order valence-corrected chi connectivity index (χ2v) is 8.17. The van der Waals surface area contributed by atoms with Gasteiger partial charge < -0.3 is 20.4 Å². The van der Waals surface area contributed by atoms with Crippen molar-refractivity contribution in [1.29, 1.82) is 0 Å². The van der Waals surface area contributed by atoms with E-state index >= 15 is 0 Å². The van der Waals surface area contributed by atoms with Crippen LogP contribution in [0.5, 0.6) is 5.75 Å². The van der Waals surface area contributed by atoms with Crippen molar-refractivity contribution >= 4 is 28.1 Å². The number of anilines is 1. The summed E-state index contributed by atoms with van der Waals surface area (Å²) < 4.78 is 5.32. The number of hydrogen-bond donors (Lipinski definition) is 3. The van der Waals surface area contributed by atoms with Gasteiger partial charge in [-0.2, -0.15) is 0 Å². The van der Waals surface area contributed by atoms with Gasteiger partial charge in [0.1, 0.15) is 5.75 Å². The van der Waals surface area contributed by atoms with Crippen LogP contribution in [0.4, 0.5) is 5.69 Å². The summed E-state index contributed by atoms with van der Waals surface area (Å²) in [7, 11) is 1.67. The molecule has 29 heavy (non-hydrogen) atoms. The van der Waals surface area contributed by atoms with Gasteiger partial charge in [-0.1, -0.05) is 6.08 Å². The minimum absolute atomic E-state index is 0.0529. The molecule has 1 aromatic heterocycles. The van der Waals surface area contributed by atoms with Crippen LogP contribution in [0, 0.1) is 0 Å². The highest BCUT2D eigenvalue weighted by Crippen LogP contribution is 2.34. The minimum Gasteiger partial charge on any atom is -0.497 e. The van der Waals surface area contributed by atoms with Gasteiger partial charge in [0.05, 0.1) is 12.6 Å². The van der Waals surface area contributed by atoms with Crippen molar-refractivity contribution in [1.82, 2.24) is 10.3 Å². The molecule has 0 radical (unpaired) electrons. The van der Waals surface area contributed by atoms with Gasteiger partial charge in [0.2, 0.25) is 0 Å². The van der Waals surface area contributed by atoms with Crippen LogP contribution < -0.4 is 15.4 Å². The van der Waals surface area contributed by atoms with E-state index in [0.29, 0.717) is 12.1 Å². The number of aromatic nitrogens is 1. The molecular weight excluding hydrogens is 362 g/mol. The SMILES string of the molecule is COc1ccc2[nH]cc(CCNC(=O)c3ccc4c(c3)C(C)=CC(C)(C)N4)c2c1. The molecule has 0 saturated heterocycles. The molecule has 0 bridgehead atoms. The molecule has 1 aliphatic heterocycles. The Morgan fingerprint density at radius 1 is 1.17 bits per heavy atom. The maximum atomic E-state index is 12.7. The van der Waals surface area contributed by atoms with Crippen molar-refractivity contribution in [3.8, 4) is 5.75 Å². The Bertz CT molecular complexity index is 1110. The van der Waals surface area contributed by atoms with E-state index in [0.717, 1.165) is 39.9 Å². The first-order valence-electron chi connectivity index (χ1n) is 9.90. The number of carbonyl (C=O) groups excluding carboxylic acids is 1. The molecule has 150 valence electrons. The third-order valence-corrected chi connectivity index (χ3v) is 5.40. The summed E-state index contributed by atoms with van der Waals surface area (Å²) in [6.45, 7) is 6.94. The summed E-state index contributed by atoms with van der Waals surface area (Å²) in [6, 6.07) is 11.8. The zero-order valence-electron chi connectivity index (χ0n) is 17.3. The topological polar surface area (TPSA) is 66.1 Å². The first kappa shape index (κ1) is 19.1. The van der Waals surface area contributed by atoms with Gasteiger partial charge in [-0.15, -0.1) is 0 Å². The summed E-state index contributed by atoms with van der Waals surface area (Å²) >= 11 is 0. The van der Waals surface area contributed by atoms with E-state index in [1.54, 1.807) is 7.11 Å². The van der Waals surface area contributed by atoms with Crippen molar-refractivity contribution in [2.45, 2.75) is 32.7 Å². The highest BCUT2D eigenvalue weighted by Gasteiger charge is 2.23. The fourth-order valence-electron chi connectivity index (χ4n) is 4.03. The number of benzene rings is 2. The molecule has 5 nitrogen and oxygen atoms in total. The molecule has 0 fully saturated rings. The summed E-state index contributed by atoms with van der Waals surface area (Å²) in [4.78, 5) is 16.0. The van der Waals surface area contributed by atoms with Crippen molar-refractivity contribution in [2.24, 2.45) is 0 Å². The molecule has 0 atom stereocenters. The summed E-state index contributed by atoms with van der Waals surface area (Å²) in [5, 5.41) is 7.67. The van der Waals surface area contributed by atoms with Gasteiger partial charge in [-0.3, -0.25) is 4.79 Å². The van der Waals surface area contributed by atoms with E-state index in [1.165, 1.54) is 5.57 Å². The Kier molecular flexibility index (Phi) is 4.82. The Morgan fingerprint density at radius 2 is 2.00 bits per heavy atom. The first-order chi connectivity index (χ1) is 13.9. The molecule has 0 unspecified atom stereocenters. The quantitative estimate of drug-likeness (QED) is 0.590. The van der Waals surface area contributed by atoms with Gasteiger partial charge >= 0.3 is 0 Å². The lowest BCUT2D eigenvalue weighted by atomic mass is 9.90. The number of amides is 1. The number of rotatable bonds is 5. The van der Waals surface area contributed by atoms with E-state index in [-0.39, 0.29) is 11.4 Å². The van der Waals surface area contributed by atoms with Gasteiger partial charge in [0.15, 0.2) is 0 Å². The lowest BCUT2D eigenvalue weighted by Crippen LogP contribution is -2.32. The van der Waals surface area contributed by atoms with Crippen molar-refractivity contribution in [3.63, 3.8) is 0 Å². The molecule has 4 rings (SSSR count). The number of H-pyrrole nitrogens is 1. The average molecular weight is 389 g/mol. The number of nitrogens with one attached hydrogen (secondary N) is 3. The fraction of sp³-hybridized carbons (Fsp3) is 0.292. The second kappa shape index (κ2) is 7.32. The monoisotopic (exact) mass is 389 g/mol. The molecule has 3 aromatic rings. The molecule has 2 aromatic carbocycles. The van der Waals surface area contributed by atoms with Crippen molar-refractivity contribution in [3.05, 3.63) is 65.4 Å². The summed E-state index contributed by atoms with van der Waals surface area (Å²) in [5.74, 6) is 0.777. The fourth-order valence-corrected chi connectivity index (χ4v) is 4.03. The maximum Gasteiger partial charge on any atom is 0.251 e. The van der Waals surface area contributed by atoms with Crippen LogP contribution in [-0.2, 0) is 6.42 Å². The molecule has 5 heteroatoms.